The zero-order valence-electron chi connectivity index (χ0n) is 11.8. The molecule has 2 aliphatic rings. The maximum atomic E-state index is 12.0. The molecule has 1 fully saturated rings. The fourth-order valence-electron chi connectivity index (χ4n) is 3.75. The first kappa shape index (κ1) is 14.8. The summed E-state index contributed by atoms with van der Waals surface area (Å²) in [6.45, 7) is 4.15. The molecule has 21 heavy (non-hydrogen) atoms. The number of halogens is 1. The van der Waals surface area contributed by atoms with Gasteiger partial charge in [-0.05, 0) is 29.9 Å². The maximum absolute atomic E-state index is 12.0. The van der Waals surface area contributed by atoms with Crippen molar-refractivity contribution < 1.29 is 0 Å². The normalized spacial score (nSPS) is 24.2. The van der Waals surface area contributed by atoms with Gasteiger partial charge >= 0.3 is 0 Å². The topological polar surface area (TPSA) is 25.2 Å². The summed E-state index contributed by atoms with van der Waals surface area (Å²) in [4.78, 5) is 16.0. The number of thiophene rings is 1. The molecule has 1 saturated heterocycles. The van der Waals surface area contributed by atoms with E-state index in [0.717, 1.165) is 26.2 Å². The van der Waals surface area contributed by atoms with Crippen LogP contribution in [0.4, 0.5) is 0 Å². The second-order valence-electron chi connectivity index (χ2n) is 5.97. The Kier molecular flexibility index (Phi) is 4.20. The second kappa shape index (κ2) is 5.95. The molecule has 0 amide bonds. The van der Waals surface area contributed by atoms with Crippen molar-refractivity contribution in [2.24, 2.45) is 5.92 Å². The minimum Gasteiger partial charge on any atom is -0.312 e. The molecule has 2 unspecified atom stereocenters. The molecule has 2 aliphatic heterocycles. The van der Waals surface area contributed by atoms with Crippen molar-refractivity contribution >= 4 is 23.7 Å². The number of hydrogen-bond donors (Lipinski definition) is 0. The van der Waals surface area contributed by atoms with Crippen LogP contribution in [0.5, 0.6) is 0 Å². The third kappa shape index (κ3) is 2.80. The van der Waals surface area contributed by atoms with Crippen LogP contribution in [0.3, 0.4) is 0 Å². The largest absolute Gasteiger partial charge is 0.312 e. The molecule has 112 valence electrons. The number of rotatable bonds is 2. The third-order valence-electron chi connectivity index (χ3n) is 4.51. The van der Waals surface area contributed by atoms with E-state index in [1.807, 2.05) is 22.0 Å². The number of hydrogen-bond acceptors (Lipinski definition) is 3. The van der Waals surface area contributed by atoms with Gasteiger partial charge in [0.1, 0.15) is 0 Å². The fraction of sp³-hybridized carbons (Fsp3) is 0.438. The van der Waals surface area contributed by atoms with Crippen molar-refractivity contribution in [3.05, 3.63) is 56.6 Å². The first-order valence-electron chi connectivity index (χ1n) is 7.24. The van der Waals surface area contributed by atoms with Gasteiger partial charge in [0.2, 0.25) is 0 Å². The average molecular weight is 323 g/mol. The zero-order chi connectivity index (χ0) is 13.5. The molecule has 2 atom stereocenters. The second-order valence-corrected chi connectivity index (χ2v) is 7.00. The molecule has 3 nitrogen and oxygen atoms in total. The van der Waals surface area contributed by atoms with E-state index in [2.05, 4.69) is 28.5 Å². The molecule has 0 saturated carbocycles. The van der Waals surface area contributed by atoms with Crippen molar-refractivity contribution in [2.45, 2.75) is 25.4 Å². The van der Waals surface area contributed by atoms with E-state index in [4.69, 9.17) is 0 Å². The van der Waals surface area contributed by atoms with Gasteiger partial charge in [-0.3, -0.25) is 9.69 Å². The molecule has 0 radical (unpaired) electrons. The zero-order valence-corrected chi connectivity index (χ0v) is 13.4. The molecule has 4 rings (SSSR count). The molecule has 0 spiro atoms. The first-order valence-corrected chi connectivity index (χ1v) is 8.12. The van der Waals surface area contributed by atoms with E-state index in [-0.39, 0.29) is 18.0 Å². The lowest BCUT2D eigenvalue weighted by atomic mass is 9.83. The Morgan fingerprint density at radius 3 is 2.86 bits per heavy atom. The maximum Gasteiger partial charge on any atom is 0.250 e. The van der Waals surface area contributed by atoms with Gasteiger partial charge in [0.15, 0.2) is 0 Å². The highest BCUT2D eigenvalue weighted by Crippen LogP contribution is 2.35. The third-order valence-corrected chi connectivity index (χ3v) is 5.38. The van der Waals surface area contributed by atoms with Crippen LogP contribution >= 0.6 is 23.7 Å². The van der Waals surface area contributed by atoms with E-state index in [1.165, 1.54) is 17.0 Å². The number of fused-ring (bicyclic) bond motifs is 4. The van der Waals surface area contributed by atoms with E-state index in [0.29, 0.717) is 11.8 Å². The number of aromatic nitrogens is 1. The monoisotopic (exact) mass is 322 g/mol. The lowest BCUT2D eigenvalue weighted by Gasteiger charge is -2.42. The van der Waals surface area contributed by atoms with Gasteiger partial charge in [0.05, 0.1) is 0 Å². The quantitative estimate of drug-likeness (QED) is 0.849. The SMILES string of the molecule is Cl.O=c1cccc2n1CC1CC2CN(Cc2cccs2)C1. The fourth-order valence-corrected chi connectivity index (χ4v) is 4.49. The van der Waals surface area contributed by atoms with Crippen LogP contribution in [0.1, 0.15) is 22.9 Å². The van der Waals surface area contributed by atoms with Gasteiger partial charge in [-0.15, -0.1) is 23.7 Å². The van der Waals surface area contributed by atoms with Gasteiger partial charge in [0.25, 0.3) is 5.56 Å². The standard InChI is InChI=1S/C16H18N2OS.ClH/c19-16-5-1-4-15-13-7-12(9-18(15)16)8-17(10-13)11-14-3-2-6-20-14;/h1-6,12-13H,7-11H2;1H. The van der Waals surface area contributed by atoms with Gasteiger partial charge in [0, 0.05) is 48.7 Å². The summed E-state index contributed by atoms with van der Waals surface area (Å²) in [6, 6.07) is 10.1. The molecule has 5 heteroatoms. The molecule has 2 aromatic heterocycles. The van der Waals surface area contributed by atoms with Gasteiger partial charge in [-0.2, -0.15) is 0 Å². The molecule has 0 aromatic carbocycles. The lowest BCUT2D eigenvalue weighted by molar-refractivity contribution is 0.115. The summed E-state index contributed by atoms with van der Waals surface area (Å²) in [7, 11) is 0. The van der Waals surface area contributed by atoms with Crippen LogP contribution in [0.25, 0.3) is 0 Å². The van der Waals surface area contributed by atoms with Crippen molar-refractivity contribution in [3.63, 3.8) is 0 Å². The number of likely N-dealkylation sites (tertiary alicyclic amines) is 1. The van der Waals surface area contributed by atoms with Gasteiger partial charge in [-0.25, -0.2) is 0 Å². The molecule has 0 N–H and O–H groups in total. The molecule has 2 aromatic rings. The Bertz CT molecular complexity index is 667. The van der Waals surface area contributed by atoms with Crippen molar-refractivity contribution in [1.82, 2.24) is 9.47 Å². The van der Waals surface area contributed by atoms with Crippen LogP contribution in [-0.2, 0) is 13.1 Å². The minimum absolute atomic E-state index is 0. The van der Waals surface area contributed by atoms with Crippen LogP contribution in [0, 0.1) is 5.92 Å². The average Bonchev–Trinajstić information content (AvgIpc) is 2.93. The summed E-state index contributed by atoms with van der Waals surface area (Å²) in [5, 5.41) is 2.15. The predicted molar refractivity (Wildman–Crippen MR) is 88.4 cm³/mol. The first-order chi connectivity index (χ1) is 9.79. The summed E-state index contributed by atoms with van der Waals surface area (Å²) in [5.41, 5.74) is 1.41. The molecular weight excluding hydrogens is 304 g/mol. The number of piperidine rings is 1. The summed E-state index contributed by atoms with van der Waals surface area (Å²) >= 11 is 1.84. The van der Waals surface area contributed by atoms with E-state index in [9.17, 15) is 4.79 Å². The summed E-state index contributed by atoms with van der Waals surface area (Å²) in [6.07, 6.45) is 1.24. The van der Waals surface area contributed by atoms with Crippen molar-refractivity contribution in [3.8, 4) is 0 Å². The van der Waals surface area contributed by atoms with Crippen LogP contribution in [0.15, 0.2) is 40.5 Å². The number of pyridine rings is 1. The van der Waals surface area contributed by atoms with E-state index >= 15 is 0 Å². The van der Waals surface area contributed by atoms with Crippen LogP contribution in [0.2, 0.25) is 0 Å². The Morgan fingerprint density at radius 2 is 2.05 bits per heavy atom. The van der Waals surface area contributed by atoms with Crippen molar-refractivity contribution in [2.75, 3.05) is 13.1 Å². The Labute approximate surface area is 134 Å². The highest BCUT2D eigenvalue weighted by atomic mass is 35.5. The van der Waals surface area contributed by atoms with Crippen LogP contribution < -0.4 is 5.56 Å². The Morgan fingerprint density at radius 1 is 1.14 bits per heavy atom. The molecular formula is C16H19ClN2OS. The molecule has 4 heterocycles. The van der Waals surface area contributed by atoms with Gasteiger partial charge < -0.3 is 4.57 Å². The van der Waals surface area contributed by atoms with E-state index in [1.54, 1.807) is 6.07 Å². The van der Waals surface area contributed by atoms with Crippen molar-refractivity contribution in [1.29, 1.82) is 0 Å². The lowest BCUT2D eigenvalue weighted by Crippen LogP contribution is -2.46. The highest BCUT2D eigenvalue weighted by molar-refractivity contribution is 7.09. The summed E-state index contributed by atoms with van der Waals surface area (Å²) in [5.74, 6) is 1.15. The minimum atomic E-state index is 0. The van der Waals surface area contributed by atoms with Crippen LogP contribution in [-0.4, -0.2) is 22.6 Å². The van der Waals surface area contributed by atoms with Gasteiger partial charge in [-0.1, -0.05) is 12.1 Å². The highest BCUT2D eigenvalue weighted by Gasteiger charge is 2.34. The predicted octanol–water partition coefficient (Wildman–Crippen LogP) is 2.95. The Hall–Kier alpha value is -1.10. The molecule has 2 bridgehead atoms. The summed E-state index contributed by atoms with van der Waals surface area (Å²) < 4.78 is 2.00. The smallest absolute Gasteiger partial charge is 0.250 e. The number of nitrogens with zero attached hydrogens (tertiary/aromatic N) is 2. The Balaban J connectivity index is 0.00000132. The molecule has 0 aliphatic carbocycles. The van der Waals surface area contributed by atoms with E-state index < -0.39 is 0 Å².